The highest BCUT2D eigenvalue weighted by Gasteiger charge is 2.34. The van der Waals surface area contributed by atoms with Crippen LogP contribution in [0.2, 0.25) is 0 Å². The van der Waals surface area contributed by atoms with E-state index in [0.717, 1.165) is 15.8 Å². The second-order valence-electron chi connectivity index (χ2n) is 7.17. The Morgan fingerprint density at radius 3 is 2.71 bits per heavy atom. The molecule has 0 aliphatic carbocycles. The molecule has 5 nitrogen and oxygen atoms in total. The Balaban J connectivity index is 1.80. The Kier molecular flexibility index (Phi) is 4.27. The molecule has 0 saturated heterocycles. The Morgan fingerprint density at radius 2 is 2.00 bits per heavy atom. The summed E-state index contributed by atoms with van der Waals surface area (Å²) in [4.78, 5) is 17.4. The predicted molar refractivity (Wildman–Crippen MR) is 111 cm³/mol. The third kappa shape index (κ3) is 3.07. The summed E-state index contributed by atoms with van der Waals surface area (Å²) in [6.07, 6.45) is 1.24. The highest BCUT2D eigenvalue weighted by atomic mass is 32.1. The van der Waals surface area contributed by atoms with E-state index in [1.807, 2.05) is 25.1 Å². The van der Waals surface area contributed by atoms with Crippen LogP contribution < -0.4 is 10.7 Å². The number of nitrogens with zero attached hydrogens (tertiary/aromatic N) is 3. The third-order valence-electron chi connectivity index (χ3n) is 4.58. The van der Waals surface area contributed by atoms with E-state index in [9.17, 15) is 9.18 Å². The van der Waals surface area contributed by atoms with Gasteiger partial charge in [0.2, 0.25) is 5.13 Å². The fourth-order valence-corrected chi connectivity index (χ4v) is 4.07. The normalized spacial score (nSPS) is 16.3. The molecule has 0 spiro atoms. The minimum Gasteiger partial charge on any atom is -0.404 e. The van der Waals surface area contributed by atoms with E-state index in [2.05, 4.69) is 10.1 Å². The van der Waals surface area contributed by atoms with Gasteiger partial charge in [0.1, 0.15) is 11.4 Å². The van der Waals surface area contributed by atoms with Gasteiger partial charge in [-0.3, -0.25) is 4.79 Å². The highest BCUT2D eigenvalue weighted by Crippen LogP contribution is 2.34. The number of alkyl halides is 1. The molecule has 0 fully saturated rings. The highest BCUT2D eigenvalue weighted by molar-refractivity contribution is 7.22. The van der Waals surface area contributed by atoms with E-state index in [0.29, 0.717) is 22.0 Å². The van der Waals surface area contributed by atoms with Crippen molar-refractivity contribution in [1.82, 2.24) is 4.98 Å². The van der Waals surface area contributed by atoms with Gasteiger partial charge < -0.3 is 5.73 Å². The molecule has 0 saturated carbocycles. The van der Waals surface area contributed by atoms with Gasteiger partial charge in [0.25, 0.3) is 5.91 Å². The molecule has 4 rings (SSSR count). The molecular formula is C21H19FN4OS. The molecule has 1 aliphatic heterocycles. The number of hydrogen-bond donors (Lipinski definition) is 1. The molecule has 3 aromatic rings. The molecule has 0 bridgehead atoms. The van der Waals surface area contributed by atoms with Crippen molar-refractivity contribution >= 4 is 38.3 Å². The summed E-state index contributed by atoms with van der Waals surface area (Å²) in [5.41, 5.74) is 7.97. The van der Waals surface area contributed by atoms with Crippen LogP contribution >= 0.6 is 11.3 Å². The van der Waals surface area contributed by atoms with Crippen LogP contribution in [0.3, 0.4) is 0 Å². The van der Waals surface area contributed by atoms with Crippen molar-refractivity contribution in [3.05, 3.63) is 70.9 Å². The molecular weight excluding hydrogens is 375 g/mol. The van der Waals surface area contributed by atoms with Crippen LogP contribution in [0.4, 0.5) is 9.52 Å². The average molecular weight is 394 g/mol. The van der Waals surface area contributed by atoms with Crippen molar-refractivity contribution in [3.8, 4) is 0 Å². The van der Waals surface area contributed by atoms with E-state index in [4.69, 9.17) is 5.73 Å². The smallest absolute Gasteiger partial charge is 0.284 e. The number of carbonyl (C=O) groups is 1. The number of nitrogens with two attached hydrogens (primary N) is 1. The number of anilines is 1. The molecule has 28 heavy (non-hydrogen) atoms. The van der Waals surface area contributed by atoms with Crippen LogP contribution in [0.25, 0.3) is 10.2 Å². The summed E-state index contributed by atoms with van der Waals surface area (Å²) < 4.78 is 15.3. The van der Waals surface area contributed by atoms with Crippen LogP contribution in [0, 0.1) is 6.92 Å². The summed E-state index contributed by atoms with van der Waals surface area (Å²) in [7, 11) is 0. The first-order valence-electron chi connectivity index (χ1n) is 8.80. The van der Waals surface area contributed by atoms with E-state index >= 15 is 0 Å². The quantitative estimate of drug-likeness (QED) is 0.669. The molecule has 0 unspecified atom stereocenters. The maximum atomic E-state index is 14.4. The molecule has 2 heterocycles. The third-order valence-corrected chi connectivity index (χ3v) is 5.57. The molecule has 1 aliphatic rings. The van der Waals surface area contributed by atoms with Gasteiger partial charge in [-0.25, -0.2) is 9.37 Å². The summed E-state index contributed by atoms with van der Waals surface area (Å²) >= 11 is 1.39. The number of thiazole rings is 1. The van der Waals surface area contributed by atoms with Gasteiger partial charge in [-0.05, 0) is 50.1 Å². The monoisotopic (exact) mass is 394 g/mol. The largest absolute Gasteiger partial charge is 0.404 e. The van der Waals surface area contributed by atoms with Crippen molar-refractivity contribution in [2.75, 3.05) is 5.01 Å². The van der Waals surface area contributed by atoms with Crippen LogP contribution in [0.5, 0.6) is 0 Å². The first-order chi connectivity index (χ1) is 13.3. The SMILES string of the molecule is Cc1ccc2nc(N3N=C(c4cccc(C(C)(C)F)c4)/C(=C\N)C3=O)sc2c1. The van der Waals surface area contributed by atoms with Gasteiger partial charge in [-0.1, -0.05) is 35.6 Å². The first-order valence-corrected chi connectivity index (χ1v) is 9.62. The minimum absolute atomic E-state index is 0.268. The standard InChI is InChI=1S/C21H19FN4OS/c1-12-7-8-16-17(9-12)28-20(24-16)26-19(27)15(11-23)18(25-26)13-5-4-6-14(10-13)21(2,3)22/h4-11H,23H2,1-3H3/b15-11+. The average Bonchev–Trinajstić information content (AvgIpc) is 3.21. The Hall–Kier alpha value is -3.06. The van der Waals surface area contributed by atoms with E-state index in [1.54, 1.807) is 24.3 Å². The molecule has 2 N–H and O–H groups in total. The lowest BCUT2D eigenvalue weighted by atomic mass is 9.95. The zero-order valence-electron chi connectivity index (χ0n) is 15.7. The second-order valence-corrected chi connectivity index (χ2v) is 8.18. The molecule has 142 valence electrons. The van der Waals surface area contributed by atoms with Crippen molar-refractivity contribution < 1.29 is 9.18 Å². The molecule has 2 aromatic carbocycles. The van der Waals surface area contributed by atoms with Gasteiger partial charge >= 0.3 is 0 Å². The van der Waals surface area contributed by atoms with Crippen molar-refractivity contribution in [2.45, 2.75) is 26.4 Å². The number of halogens is 1. The van der Waals surface area contributed by atoms with Crippen LogP contribution in [-0.2, 0) is 10.5 Å². The maximum Gasteiger partial charge on any atom is 0.284 e. The van der Waals surface area contributed by atoms with Gasteiger partial charge in [-0.15, -0.1) is 0 Å². The van der Waals surface area contributed by atoms with Gasteiger partial charge in [0.05, 0.1) is 15.8 Å². The molecule has 0 radical (unpaired) electrons. The fraction of sp³-hybridized carbons (Fsp3) is 0.190. The fourth-order valence-electron chi connectivity index (χ4n) is 3.05. The number of aromatic nitrogens is 1. The van der Waals surface area contributed by atoms with Crippen molar-refractivity contribution in [2.24, 2.45) is 10.8 Å². The number of hydrazone groups is 1. The van der Waals surface area contributed by atoms with E-state index < -0.39 is 5.67 Å². The number of benzene rings is 2. The van der Waals surface area contributed by atoms with Gasteiger partial charge in [0.15, 0.2) is 0 Å². The Morgan fingerprint density at radius 1 is 1.21 bits per heavy atom. The molecule has 0 atom stereocenters. The van der Waals surface area contributed by atoms with E-state index in [-0.39, 0.29) is 11.5 Å². The summed E-state index contributed by atoms with van der Waals surface area (Å²) in [5, 5.41) is 6.22. The number of aryl methyl sites for hydroxylation is 1. The molecule has 1 aromatic heterocycles. The van der Waals surface area contributed by atoms with Crippen LogP contribution in [0.15, 0.2) is 59.3 Å². The predicted octanol–water partition coefficient (Wildman–Crippen LogP) is 4.40. The van der Waals surface area contributed by atoms with Crippen molar-refractivity contribution in [3.63, 3.8) is 0 Å². The lowest BCUT2D eigenvalue weighted by Gasteiger charge is -2.15. The minimum atomic E-state index is -1.50. The first kappa shape index (κ1) is 18.3. The number of fused-ring (bicyclic) bond motifs is 1. The zero-order valence-corrected chi connectivity index (χ0v) is 16.5. The number of amides is 1. The van der Waals surface area contributed by atoms with Crippen molar-refractivity contribution in [1.29, 1.82) is 0 Å². The lowest BCUT2D eigenvalue weighted by molar-refractivity contribution is -0.114. The summed E-state index contributed by atoms with van der Waals surface area (Å²) in [5.74, 6) is -0.349. The summed E-state index contributed by atoms with van der Waals surface area (Å²) in [6.45, 7) is 4.98. The second kappa shape index (κ2) is 6.53. The zero-order chi connectivity index (χ0) is 20.1. The van der Waals surface area contributed by atoms with Crippen LogP contribution in [0.1, 0.15) is 30.5 Å². The number of rotatable bonds is 3. The Labute approximate surface area is 166 Å². The van der Waals surface area contributed by atoms with Gasteiger partial charge in [0, 0.05) is 11.8 Å². The number of hydrogen-bond acceptors (Lipinski definition) is 5. The topological polar surface area (TPSA) is 71.6 Å². The maximum absolute atomic E-state index is 14.4. The molecule has 1 amide bonds. The summed E-state index contributed by atoms with van der Waals surface area (Å²) in [6, 6.07) is 12.9. The number of carbonyl (C=O) groups excluding carboxylic acids is 1. The van der Waals surface area contributed by atoms with Crippen LogP contribution in [-0.4, -0.2) is 16.6 Å². The lowest BCUT2D eigenvalue weighted by Crippen LogP contribution is -2.21. The molecule has 7 heteroatoms. The Bertz CT molecular complexity index is 1160. The van der Waals surface area contributed by atoms with E-state index in [1.165, 1.54) is 36.4 Å². The van der Waals surface area contributed by atoms with Gasteiger partial charge in [-0.2, -0.15) is 10.1 Å².